The Balaban J connectivity index is 1.41. The van der Waals surface area contributed by atoms with Crippen molar-refractivity contribution in [2.45, 2.75) is 25.6 Å². The Morgan fingerprint density at radius 3 is 2.38 bits per heavy atom. The van der Waals surface area contributed by atoms with Crippen LogP contribution in [0.2, 0.25) is 0 Å². The molecule has 0 fully saturated rings. The molecule has 3 aromatic rings. The summed E-state index contributed by atoms with van der Waals surface area (Å²) in [6.45, 7) is 1.79. The Morgan fingerprint density at radius 1 is 1.08 bits per heavy atom. The summed E-state index contributed by atoms with van der Waals surface area (Å²) < 4.78 is 0. The van der Waals surface area contributed by atoms with Crippen molar-refractivity contribution in [1.82, 2.24) is 24.8 Å². The molecule has 0 unspecified atom stereocenters. The van der Waals surface area contributed by atoms with Gasteiger partial charge in [0, 0.05) is 26.2 Å². The number of likely N-dealkylation sites (N-methyl/N-ethyl adjacent to an activating group) is 2. The Bertz CT molecular complexity index is 902. The summed E-state index contributed by atoms with van der Waals surface area (Å²) in [5.41, 5.74) is 4.39. The minimum absolute atomic E-state index is 0.0255. The Morgan fingerprint density at radius 2 is 1.69 bits per heavy atom. The molecule has 1 aliphatic rings. The first-order chi connectivity index (χ1) is 12.6. The van der Waals surface area contributed by atoms with E-state index in [0.717, 1.165) is 24.0 Å². The van der Waals surface area contributed by atoms with Crippen LogP contribution >= 0.6 is 0 Å². The molecule has 1 atom stereocenters. The highest BCUT2D eigenvalue weighted by Crippen LogP contribution is 2.22. The number of carbonyl (C=O) groups excluding carboxylic acids is 1. The molecule has 0 bridgehead atoms. The maximum atomic E-state index is 12.6. The van der Waals surface area contributed by atoms with Crippen LogP contribution in [0.4, 0.5) is 0 Å². The van der Waals surface area contributed by atoms with Crippen molar-refractivity contribution in [3.63, 3.8) is 0 Å². The molecule has 6 heteroatoms. The number of nitrogens with zero attached hydrogens (tertiary/aromatic N) is 5. The van der Waals surface area contributed by atoms with Crippen molar-refractivity contribution in [3.05, 3.63) is 59.7 Å². The zero-order valence-electron chi connectivity index (χ0n) is 15.2. The largest absolute Gasteiger partial charge is 0.343 e. The van der Waals surface area contributed by atoms with Crippen LogP contribution in [-0.4, -0.2) is 57.4 Å². The molecule has 0 aliphatic carbocycles. The summed E-state index contributed by atoms with van der Waals surface area (Å²) in [6, 6.07) is 16.5. The molecule has 0 spiro atoms. The van der Waals surface area contributed by atoms with Gasteiger partial charge in [0.25, 0.3) is 0 Å². The Kier molecular flexibility index (Phi) is 4.42. The van der Waals surface area contributed by atoms with E-state index in [9.17, 15) is 4.79 Å². The van der Waals surface area contributed by atoms with Crippen molar-refractivity contribution in [3.8, 4) is 0 Å². The van der Waals surface area contributed by atoms with Crippen LogP contribution in [0.15, 0.2) is 48.5 Å². The van der Waals surface area contributed by atoms with Gasteiger partial charge in [-0.25, -0.2) is 0 Å². The van der Waals surface area contributed by atoms with Crippen molar-refractivity contribution in [2.75, 3.05) is 20.6 Å². The van der Waals surface area contributed by atoms with E-state index in [-0.39, 0.29) is 12.5 Å². The van der Waals surface area contributed by atoms with Gasteiger partial charge in [-0.1, -0.05) is 36.4 Å². The summed E-state index contributed by atoms with van der Waals surface area (Å²) in [5, 5.41) is 8.75. The Labute approximate surface area is 153 Å². The minimum Gasteiger partial charge on any atom is -0.343 e. The second-order valence-corrected chi connectivity index (χ2v) is 7.04. The van der Waals surface area contributed by atoms with E-state index < -0.39 is 0 Å². The molecule has 1 amide bonds. The highest BCUT2D eigenvalue weighted by atomic mass is 16.2. The fraction of sp³-hybridized carbons (Fsp3) is 0.350. The number of benzene rings is 2. The molecule has 2 heterocycles. The van der Waals surface area contributed by atoms with Crippen LogP contribution in [0.5, 0.6) is 0 Å². The van der Waals surface area contributed by atoms with Crippen molar-refractivity contribution in [2.24, 2.45) is 0 Å². The fourth-order valence-corrected chi connectivity index (χ4v) is 3.56. The summed E-state index contributed by atoms with van der Waals surface area (Å²) in [5.74, 6) is 0.0255. The third-order valence-electron chi connectivity index (χ3n) is 5.13. The molecule has 1 aromatic heterocycles. The highest BCUT2D eigenvalue weighted by Gasteiger charge is 2.25. The van der Waals surface area contributed by atoms with Crippen molar-refractivity contribution in [1.29, 1.82) is 0 Å². The van der Waals surface area contributed by atoms with Crippen LogP contribution in [0, 0.1) is 0 Å². The van der Waals surface area contributed by atoms with E-state index in [1.54, 1.807) is 4.90 Å². The normalized spacial score (nSPS) is 17.2. The lowest BCUT2D eigenvalue weighted by Gasteiger charge is -2.36. The third kappa shape index (κ3) is 3.32. The maximum Gasteiger partial charge on any atom is 0.245 e. The van der Waals surface area contributed by atoms with Crippen LogP contribution < -0.4 is 0 Å². The molecule has 6 nitrogen and oxygen atoms in total. The van der Waals surface area contributed by atoms with Crippen LogP contribution in [0.25, 0.3) is 11.0 Å². The van der Waals surface area contributed by atoms with E-state index in [1.165, 1.54) is 15.9 Å². The molecule has 26 heavy (non-hydrogen) atoms. The van der Waals surface area contributed by atoms with Gasteiger partial charge in [0.1, 0.15) is 17.6 Å². The fourth-order valence-electron chi connectivity index (χ4n) is 3.56. The minimum atomic E-state index is 0.0255. The van der Waals surface area contributed by atoms with E-state index in [0.29, 0.717) is 12.6 Å². The van der Waals surface area contributed by atoms with E-state index >= 15 is 0 Å². The van der Waals surface area contributed by atoms with Gasteiger partial charge in [-0.05, 0) is 36.7 Å². The van der Waals surface area contributed by atoms with Gasteiger partial charge in [0.2, 0.25) is 5.91 Å². The summed E-state index contributed by atoms with van der Waals surface area (Å²) >= 11 is 0. The maximum absolute atomic E-state index is 12.6. The summed E-state index contributed by atoms with van der Waals surface area (Å²) in [7, 11) is 3.99. The second-order valence-electron chi connectivity index (χ2n) is 7.04. The topological polar surface area (TPSA) is 54.3 Å². The van der Waals surface area contributed by atoms with Gasteiger partial charge >= 0.3 is 0 Å². The monoisotopic (exact) mass is 349 g/mol. The van der Waals surface area contributed by atoms with Crippen molar-refractivity contribution >= 4 is 16.9 Å². The van der Waals surface area contributed by atoms with Gasteiger partial charge in [-0.3, -0.25) is 9.69 Å². The number of rotatable bonds is 4. The predicted octanol–water partition coefficient (Wildman–Crippen LogP) is 1.95. The first kappa shape index (κ1) is 16.7. The van der Waals surface area contributed by atoms with Gasteiger partial charge in [0.05, 0.1) is 0 Å². The number of amides is 1. The molecule has 0 saturated carbocycles. The number of fused-ring (bicyclic) bond motifs is 2. The zero-order chi connectivity index (χ0) is 18.1. The molecular formula is C20H23N5O. The molecule has 0 radical (unpaired) electrons. The molecular weight excluding hydrogens is 326 g/mol. The number of aromatic nitrogens is 3. The average Bonchev–Trinajstić information content (AvgIpc) is 3.04. The van der Waals surface area contributed by atoms with Crippen LogP contribution in [0.3, 0.4) is 0 Å². The Hall–Kier alpha value is -2.73. The predicted molar refractivity (Wildman–Crippen MR) is 101 cm³/mol. The van der Waals surface area contributed by atoms with Gasteiger partial charge in [-0.2, -0.15) is 15.0 Å². The number of carbonyl (C=O) groups is 1. The van der Waals surface area contributed by atoms with E-state index in [2.05, 4.69) is 46.4 Å². The molecule has 1 aliphatic heterocycles. The number of hydrogen-bond donors (Lipinski definition) is 0. The molecule has 2 aromatic carbocycles. The molecule has 134 valence electrons. The van der Waals surface area contributed by atoms with Gasteiger partial charge in [0.15, 0.2) is 0 Å². The third-order valence-corrected chi connectivity index (χ3v) is 5.13. The molecule has 0 saturated heterocycles. The van der Waals surface area contributed by atoms with Gasteiger partial charge in [-0.15, -0.1) is 0 Å². The number of hydrogen-bond acceptors (Lipinski definition) is 4. The first-order valence-corrected chi connectivity index (χ1v) is 8.91. The summed E-state index contributed by atoms with van der Waals surface area (Å²) in [4.78, 5) is 18.2. The molecule has 4 rings (SSSR count). The smallest absolute Gasteiger partial charge is 0.245 e. The summed E-state index contributed by atoms with van der Waals surface area (Å²) in [6.07, 6.45) is 0.966. The van der Waals surface area contributed by atoms with Crippen LogP contribution in [-0.2, 0) is 24.3 Å². The average molecular weight is 349 g/mol. The first-order valence-electron chi connectivity index (χ1n) is 8.91. The van der Waals surface area contributed by atoms with Crippen molar-refractivity contribution < 1.29 is 4.79 Å². The van der Waals surface area contributed by atoms with Gasteiger partial charge < -0.3 is 4.90 Å². The SMILES string of the molecule is CN(C[C@H]1Cc2ccccc2CN1C)C(=O)Cn1nc2ccccc2n1. The quantitative estimate of drug-likeness (QED) is 0.722. The lowest BCUT2D eigenvalue weighted by molar-refractivity contribution is -0.131. The zero-order valence-corrected chi connectivity index (χ0v) is 15.2. The highest BCUT2D eigenvalue weighted by molar-refractivity contribution is 5.77. The van der Waals surface area contributed by atoms with E-state index in [1.807, 2.05) is 31.3 Å². The molecule has 0 N–H and O–H groups in total. The van der Waals surface area contributed by atoms with E-state index in [4.69, 9.17) is 0 Å². The van der Waals surface area contributed by atoms with Crippen LogP contribution in [0.1, 0.15) is 11.1 Å². The lowest BCUT2D eigenvalue weighted by atomic mass is 9.94. The second kappa shape index (κ2) is 6.88. The lowest BCUT2D eigenvalue weighted by Crippen LogP contribution is -2.46. The standard InChI is InChI=1S/C20H23N5O/c1-23-12-16-8-4-3-7-15(16)11-17(23)13-24(2)20(26)14-25-21-18-9-5-6-10-19(18)22-25/h3-10,17H,11-14H2,1-2H3/t17-/m1/s1.